The molecule has 0 aliphatic heterocycles. The van der Waals surface area contributed by atoms with Gasteiger partial charge in [-0.25, -0.2) is 0 Å². The lowest BCUT2D eigenvalue weighted by Gasteiger charge is -2.40. The average molecular weight is 251 g/mol. The topological polar surface area (TPSA) is 26.0 Å². The summed E-state index contributed by atoms with van der Waals surface area (Å²) in [5.74, 6) is 1.53. The number of hydrogen-bond acceptors (Lipinski definition) is 1. The Morgan fingerprint density at radius 2 is 1.32 bits per heavy atom. The zero-order valence-corrected chi connectivity index (χ0v) is 11.6. The summed E-state index contributed by atoms with van der Waals surface area (Å²) in [6, 6.07) is 19.6. The van der Waals surface area contributed by atoms with Gasteiger partial charge in [-0.3, -0.25) is 0 Å². The average Bonchev–Trinajstić information content (AvgIpc) is 2.46. The molecule has 0 bridgehead atoms. The number of nitrogens with two attached hydrogens (primary N) is 1. The van der Waals surface area contributed by atoms with Gasteiger partial charge in [0.05, 0.1) is 0 Å². The van der Waals surface area contributed by atoms with E-state index in [4.69, 9.17) is 5.73 Å². The molecule has 98 valence electrons. The first-order valence-electron chi connectivity index (χ1n) is 7.09. The van der Waals surface area contributed by atoms with Crippen molar-refractivity contribution in [2.45, 2.75) is 25.8 Å². The summed E-state index contributed by atoms with van der Waals surface area (Å²) in [6.45, 7) is 4.61. The largest absolute Gasteiger partial charge is 0.324 e. The SMILES string of the molecule is CC1C(N)c2ccccc2C(c2ccccc2)C1C. The molecule has 1 nitrogen and oxygen atoms in total. The van der Waals surface area contributed by atoms with E-state index in [-0.39, 0.29) is 6.04 Å². The van der Waals surface area contributed by atoms with Crippen molar-refractivity contribution < 1.29 is 0 Å². The Morgan fingerprint density at radius 3 is 2.00 bits per heavy atom. The van der Waals surface area contributed by atoms with Gasteiger partial charge in [0.15, 0.2) is 0 Å². The van der Waals surface area contributed by atoms with Crippen molar-refractivity contribution in [2.24, 2.45) is 17.6 Å². The highest BCUT2D eigenvalue weighted by Crippen LogP contribution is 2.46. The molecule has 4 atom stereocenters. The number of hydrogen-bond donors (Lipinski definition) is 1. The summed E-state index contributed by atoms with van der Waals surface area (Å²) >= 11 is 0. The van der Waals surface area contributed by atoms with Gasteiger partial charge in [-0.1, -0.05) is 68.4 Å². The van der Waals surface area contributed by atoms with E-state index in [9.17, 15) is 0 Å². The Hall–Kier alpha value is -1.60. The Bertz CT molecular complexity index is 561. The molecular weight excluding hydrogens is 230 g/mol. The summed E-state index contributed by atoms with van der Waals surface area (Å²) in [4.78, 5) is 0. The van der Waals surface area contributed by atoms with Crippen LogP contribution < -0.4 is 5.73 Å². The predicted octanol–water partition coefficient (Wildman–Crippen LogP) is 4.10. The van der Waals surface area contributed by atoms with Crippen LogP contribution in [0, 0.1) is 11.8 Å². The molecule has 2 aromatic rings. The van der Waals surface area contributed by atoms with Gasteiger partial charge in [0, 0.05) is 12.0 Å². The molecule has 3 rings (SSSR count). The fourth-order valence-corrected chi connectivity index (χ4v) is 3.44. The lowest BCUT2D eigenvalue weighted by molar-refractivity contribution is 0.277. The molecule has 0 aromatic heterocycles. The van der Waals surface area contributed by atoms with Crippen molar-refractivity contribution in [3.05, 3.63) is 71.3 Å². The van der Waals surface area contributed by atoms with Crippen molar-refractivity contribution >= 4 is 0 Å². The van der Waals surface area contributed by atoms with Crippen LogP contribution in [0.1, 0.15) is 42.5 Å². The Kier molecular flexibility index (Phi) is 3.16. The third-order valence-corrected chi connectivity index (χ3v) is 4.77. The lowest BCUT2D eigenvalue weighted by atomic mass is 9.66. The summed E-state index contributed by atoms with van der Waals surface area (Å²) < 4.78 is 0. The zero-order chi connectivity index (χ0) is 13.4. The second-order valence-electron chi connectivity index (χ2n) is 5.76. The predicted molar refractivity (Wildman–Crippen MR) is 80.0 cm³/mol. The van der Waals surface area contributed by atoms with Crippen molar-refractivity contribution in [3.8, 4) is 0 Å². The van der Waals surface area contributed by atoms with Crippen LogP contribution in [0.3, 0.4) is 0 Å². The van der Waals surface area contributed by atoms with Crippen LogP contribution in [0.15, 0.2) is 54.6 Å². The molecule has 0 saturated heterocycles. The van der Waals surface area contributed by atoms with Crippen LogP contribution in [-0.4, -0.2) is 0 Å². The number of fused-ring (bicyclic) bond motifs is 1. The Labute approximate surface area is 115 Å². The van der Waals surface area contributed by atoms with Gasteiger partial charge in [-0.2, -0.15) is 0 Å². The minimum Gasteiger partial charge on any atom is -0.324 e. The fraction of sp³-hybridized carbons (Fsp3) is 0.333. The third kappa shape index (κ3) is 1.98. The highest BCUT2D eigenvalue weighted by molar-refractivity contribution is 5.42. The summed E-state index contributed by atoms with van der Waals surface area (Å²) in [5, 5.41) is 0. The van der Waals surface area contributed by atoms with Crippen LogP contribution in [0.4, 0.5) is 0 Å². The Balaban J connectivity index is 2.16. The smallest absolute Gasteiger partial charge is 0.0326 e. The molecule has 2 N–H and O–H groups in total. The van der Waals surface area contributed by atoms with Crippen LogP contribution in [-0.2, 0) is 0 Å². The van der Waals surface area contributed by atoms with Gasteiger partial charge >= 0.3 is 0 Å². The number of rotatable bonds is 1. The van der Waals surface area contributed by atoms with Crippen molar-refractivity contribution in [1.29, 1.82) is 0 Å². The monoisotopic (exact) mass is 251 g/mol. The maximum Gasteiger partial charge on any atom is 0.0326 e. The van der Waals surface area contributed by atoms with E-state index in [1.54, 1.807) is 0 Å². The first-order valence-corrected chi connectivity index (χ1v) is 7.09. The minimum atomic E-state index is 0.158. The molecule has 0 fully saturated rings. The van der Waals surface area contributed by atoms with Crippen LogP contribution in [0.2, 0.25) is 0 Å². The molecule has 1 aliphatic rings. The molecule has 4 unspecified atom stereocenters. The van der Waals surface area contributed by atoms with E-state index in [1.807, 2.05) is 0 Å². The van der Waals surface area contributed by atoms with Crippen molar-refractivity contribution in [3.63, 3.8) is 0 Å². The fourth-order valence-electron chi connectivity index (χ4n) is 3.44. The molecule has 1 aliphatic carbocycles. The first kappa shape index (κ1) is 12.4. The van der Waals surface area contributed by atoms with E-state index in [2.05, 4.69) is 68.4 Å². The Morgan fingerprint density at radius 1 is 0.737 bits per heavy atom. The van der Waals surface area contributed by atoms with Crippen LogP contribution in [0.25, 0.3) is 0 Å². The zero-order valence-electron chi connectivity index (χ0n) is 11.6. The standard InChI is InChI=1S/C18H21N/c1-12-13(2)18(19)16-11-7-6-10-15(16)17(12)14-8-4-3-5-9-14/h3-13,17-18H,19H2,1-2H3. The second-order valence-corrected chi connectivity index (χ2v) is 5.76. The van der Waals surface area contributed by atoms with Gasteiger partial charge in [-0.05, 0) is 28.5 Å². The van der Waals surface area contributed by atoms with Crippen molar-refractivity contribution in [1.82, 2.24) is 0 Å². The third-order valence-electron chi connectivity index (χ3n) is 4.77. The molecular formula is C18H21N. The lowest BCUT2D eigenvalue weighted by Crippen LogP contribution is -2.34. The molecule has 2 aromatic carbocycles. The van der Waals surface area contributed by atoms with E-state index in [1.165, 1.54) is 16.7 Å². The highest BCUT2D eigenvalue weighted by atomic mass is 14.7. The normalized spacial score (nSPS) is 29.8. The molecule has 1 heteroatoms. The number of benzene rings is 2. The van der Waals surface area contributed by atoms with Gasteiger partial charge in [0.2, 0.25) is 0 Å². The molecule has 0 saturated carbocycles. The summed E-state index contributed by atoms with van der Waals surface area (Å²) in [5.41, 5.74) is 10.6. The first-order chi connectivity index (χ1) is 9.20. The van der Waals surface area contributed by atoms with Gasteiger partial charge < -0.3 is 5.73 Å². The van der Waals surface area contributed by atoms with Gasteiger partial charge in [-0.15, -0.1) is 0 Å². The summed E-state index contributed by atoms with van der Waals surface area (Å²) in [6.07, 6.45) is 0. The maximum atomic E-state index is 6.42. The van der Waals surface area contributed by atoms with Crippen LogP contribution in [0.5, 0.6) is 0 Å². The van der Waals surface area contributed by atoms with Crippen LogP contribution >= 0.6 is 0 Å². The van der Waals surface area contributed by atoms with Gasteiger partial charge in [0.1, 0.15) is 0 Å². The second kappa shape index (κ2) is 4.82. The molecule has 0 radical (unpaired) electrons. The molecule has 0 heterocycles. The van der Waals surface area contributed by atoms with E-state index in [0.717, 1.165) is 0 Å². The van der Waals surface area contributed by atoms with E-state index < -0.39 is 0 Å². The summed E-state index contributed by atoms with van der Waals surface area (Å²) in [7, 11) is 0. The highest BCUT2D eigenvalue weighted by Gasteiger charge is 2.36. The van der Waals surface area contributed by atoms with E-state index >= 15 is 0 Å². The minimum absolute atomic E-state index is 0.158. The van der Waals surface area contributed by atoms with Crippen molar-refractivity contribution in [2.75, 3.05) is 0 Å². The molecule has 19 heavy (non-hydrogen) atoms. The molecule has 0 amide bonds. The quantitative estimate of drug-likeness (QED) is 0.811. The molecule has 0 spiro atoms. The van der Waals surface area contributed by atoms with Gasteiger partial charge in [0.25, 0.3) is 0 Å². The maximum absolute atomic E-state index is 6.42. The van der Waals surface area contributed by atoms with E-state index in [0.29, 0.717) is 17.8 Å².